The van der Waals surface area contributed by atoms with Crippen molar-refractivity contribution in [2.45, 2.75) is 212 Å². The van der Waals surface area contributed by atoms with Crippen molar-refractivity contribution in [1.82, 2.24) is 4.90 Å². The van der Waals surface area contributed by atoms with E-state index in [2.05, 4.69) is 13.8 Å². The van der Waals surface area contributed by atoms with E-state index >= 15 is 0 Å². The number of carbonyl (C=O) groups excluding carboxylic acids is 3. The third-order valence-electron chi connectivity index (χ3n) is 9.59. The van der Waals surface area contributed by atoms with Gasteiger partial charge in [0.15, 0.2) is 5.78 Å². The van der Waals surface area contributed by atoms with Gasteiger partial charge in [-0.05, 0) is 12.8 Å². The first-order valence-corrected chi connectivity index (χ1v) is 21.3. The predicted octanol–water partition coefficient (Wildman–Crippen LogP) is 9.80. The number of hydrogen-bond donors (Lipinski definition) is 3. The maximum Gasteiger partial charge on any atom is 0.338 e. The molecule has 2 amide bonds. The summed E-state index contributed by atoms with van der Waals surface area (Å²) < 4.78 is 0. The first-order chi connectivity index (χ1) is 23.7. The summed E-state index contributed by atoms with van der Waals surface area (Å²) in [4.78, 5) is 53.7. The number of carbonyl (C=O) groups is 4. The lowest BCUT2D eigenvalue weighted by Crippen LogP contribution is -2.65. The van der Waals surface area contributed by atoms with Crippen LogP contribution in [0.1, 0.15) is 201 Å². The Balaban J connectivity index is 4.95. The van der Waals surface area contributed by atoms with Gasteiger partial charge in [0.1, 0.15) is 0 Å². The van der Waals surface area contributed by atoms with E-state index < -0.39 is 41.8 Å². The van der Waals surface area contributed by atoms with Gasteiger partial charge in [0.2, 0.25) is 17.4 Å². The number of unbranched alkanes of at least 4 members (excludes halogenated alkanes) is 24. The number of Topliss-reactive ketones (excluding diaryl/α,β-unsaturated/α-hetero) is 1. The Morgan fingerprint density at radius 2 is 0.939 bits per heavy atom. The number of thioether (sulfide) groups is 1. The third-order valence-corrected chi connectivity index (χ3v) is 10.8. The number of imide groups is 1. The number of aliphatic hydroxyl groups excluding tert-OH is 2. The number of ketones is 1. The summed E-state index contributed by atoms with van der Waals surface area (Å²) >= 11 is 0.964. The molecule has 0 bridgehead atoms. The number of aliphatic carboxylic acids is 1. The van der Waals surface area contributed by atoms with E-state index in [1.54, 1.807) is 0 Å². The normalized spacial score (nSPS) is 13.2. The molecular weight excluding hydrogens is 639 g/mol. The summed E-state index contributed by atoms with van der Waals surface area (Å²) in [5, 5.41) is 29.6. The van der Waals surface area contributed by atoms with Gasteiger partial charge < -0.3 is 15.3 Å². The lowest BCUT2D eigenvalue weighted by atomic mass is 9.89. The fourth-order valence-corrected chi connectivity index (χ4v) is 7.72. The second-order valence-corrected chi connectivity index (χ2v) is 15.2. The summed E-state index contributed by atoms with van der Waals surface area (Å²) in [6.07, 6.45) is 28.5. The van der Waals surface area contributed by atoms with Crippen LogP contribution in [0.25, 0.3) is 0 Å². The van der Waals surface area contributed by atoms with E-state index in [4.69, 9.17) is 0 Å². The molecule has 288 valence electrons. The lowest BCUT2D eigenvalue weighted by molar-refractivity contribution is -0.168. The zero-order valence-corrected chi connectivity index (χ0v) is 32.6. The van der Waals surface area contributed by atoms with Crippen LogP contribution in [0.4, 0.5) is 0 Å². The van der Waals surface area contributed by atoms with Gasteiger partial charge >= 0.3 is 5.97 Å². The van der Waals surface area contributed by atoms with Gasteiger partial charge in [0.25, 0.3) is 0 Å². The van der Waals surface area contributed by atoms with Crippen LogP contribution >= 0.6 is 11.8 Å². The number of carboxylic acid groups (broad SMARTS) is 1. The van der Waals surface area contributed by atoms with Gasteiger partial charge in [-0.3, -0.25) is 19.3 Å². The van der Waals surface area contributed by atoms with Gasteiger partial charge in [0, 0.05) is 31.3 Å². The molecule has 0 saturated heterocycles. The Morgan fingerprint density at radius 3 is 1.27 bits per heavy atom. The summed E-state index contributed by atoms with van der Waals surface area (Å²) in [6.45, 7) is 5.10. The summed E-state index contributed by atoms with van der Waals surface area (Å²) in [5.41, 5.74) is -2.34. The molecule has 0 saturated carbocycles. The SMILES string of the molecule is CCCCCCCCCCCCCCCC(=O)N(C(C)=O)C(CSCC(O)CO)(C(=O)O)C(=O)CCCCCCCCCCCCCCC. The molecule has 3 N–H and O–H groups in total. The molecule has 8 nitrogen and oxygen atoms in total. The van der Waals surface area contributed by atoms with Gasteiger partial charge in [-0.1, -0.05) is 168 Å². The molecule has 0 aromatic heterocycles. The highest BCUT2D eigenvalue weighted by Crippen LogP contribution is 2.29. The van der Waals surface area contributed by atoms with Crippen molar-refractivity contribution in [3.05, 3.63) is 0 Å². The van der Waals surface area contributed by atoms with Crippen LogP contribution in [0, 0.1) is 0 Å². The minimum atomic E-state index is -2.34. The van der Waals surface area contributed by atoms with E-state index in [-0.39, 0.29) is 24.3 Å². The highest BCUT2D eigenvalue weighted by molar-refractivity contribution is 7.99. The quantitative estimate of drug-likeness (QED) is 0.0432. The van der Waals surface area contributed by atoms with Crippen molar-refractivity contribution in [3.8, 4) is 0 Å². The maximum atomic E-state index is 13.7. The average molecular weight is 714 g/mol. The van der Waals surface area contributed by atoms with Crippen LogP contribution < -0.4 is 0 Å². The molecule has 0 heterocycles. The first kappa shape index (κ1) is 47.5. The molecule has 0 aromatic carbocycles. The molecule has 49 heavy (non-hydrogen) atoms. The predicted molar refractivity (Wildman–Crippen MR) is 204 cm³/mol. The van der Waals surface area contributed by atoms with E-state index in [1.165, 1.54) is 103 Å². The van der Waals surface area contributed by atoms with Gasteiger partial charge in [-0.15, -0.1) is 0 Å². The Kier molecular flexibility index (Phi) is 31.5. The molecular formula is C40H75NO7S. The monoisotopic (exact) mass is 714 g/mol. The summed E-state index contributed by atoms with van der Waals surface area (Å²) in [7, 11) is 0. The molecule has 0 aliphatic rings. The topological polar surface area (TPSA) is 132 Å². The van der Waals surface area contributed by atoms with Crippen molar-refractivity contribution >= 4 is 35.3 Å². The van der Waals surface area contributed by atoms with Crippen molar-refractivity contribution in [1.29, 1.82) is 0 Å². The van der Waals surface area contributed by atoms with Gasteiger partial charge in [-0.25, -0.2) is 4.79 Å². The second kappa shape index (κ2) is 32.5. The van der Waals surface area contributed by atoms with Crippen LogP contribution in [0.3, 0.4) is 0 Å². The minimum Gasteiger partial charge on any atom is -0.479 e. The van der Waals surface area contributed by atoms with Crippen molar-refractivity contribution in [3.63, 3.8) is 0 Å². The third kappa shape index (κ3) is 22.9. The number of aliphatic hydroxyl groups is 2. The molecule has 2 atom stereocenters. The molecule has 0 spiro atoms. The standard InChI is InChI=1S/C40H75NO7S/c1-4-6-8-10-12-14-16-18-20-22-24-26-28-30-37(45)40(39(47)48,34-49-33-36(44)32-42)41(35(3)43)38(46)31-29-27-25-23-21-19-17-15-13-11-9-7-5-2/h36,42,44H,4-34H2,1-3H3,(H,47,48). The molecule has 9 heteroatoms. The molecule has 2 unspecified atom stereocenters. The molecule has 0 radical (unpaired) electrons. The highest BCUT2D eigenvalue weighted by Gasteiger charge is 2.54. The van der Waals surface area contributed by atoms with Crippen molar-refractivity contribution in [2.24, 2.45) is 0 Å². The molecule has 0 aromatic rings. The van der Waals surface area contributed by atoms with Crippen LogP contribution in [0.2, 0.25) is 0 Å². The molecule has 0 rings (SSSR count). The smallest absolute Gasteiger partial charge is 0.338 e. The van der Waals surface area contributed by atoms with Gasteiger partial charge in [-0.2, -0.15) is 11.8 Å². The largest absolute Gasteiger partial charge is 0.479 e. The summed E-state index contributed by atoms with van der Waals surface area (Å²) in [5.74, 6) is -3.95. The number of hydrogen-bond acceptors (Lipinski definition) is 7. The van der Waals surface area contributed by atoms with Crippen LogP contribution in [0.5, 0.6) is 0 Å². The Morgan fingerprint density at radius 1 is 0.592 bits per heavy atom. The molecule has 0 fully saturated rings. The molecule has 0 aliphatic carbocycles. The Labute approximate surface area is 304 Å². The zero-order valence-electron chi connectivity index (χ0n) is 31.8. The second-order valence-electron chi connectivity index (χ2n) is 14.2. The zero-order chi connectivity index (χ0) is 36.6. The van der Waals surface area contributed by atoms with E-state index in [0.717, 1.165) is 70.1 Å². The number of carboxylic acids is 1. The fourth-order valence-electron chi connectivity index (χ4n) is 6.51. The van der Waals surface area contributed by atoms with E-state index in [9.17, 15) is 34.5 Å². The van der Waals surface area contributed by atoms with E-state index in [1.807, 2.05) is 0 Å². The van der Waals surface area contributed by atoms with Crippen LogP contribution in [-0.4, -0.2) is 73.5 Å². The lowest BCUT2D eigenvalue weighted by Gasteiger charge is -2.37. The van der Waals surface area contributed by atoms with Crippen molar-refractivity contribution < 1.29 is 34.5 Å². The number of rotatable bonds is 36. The van der Waals surface area contributed by atoms with Crippen LogP contribution in [0.15, 0.2) is 0 Å². The van der Waals surface area contributed by atoms with Gasteiger partial charge in [0.05, 0.1) is 12.7 Å². The maximum absolute atomic E-state index is 13.7. The molecule has 0 aliphatic heterocycles. The fraction of sp³-hybridized carbons (Fsp3) is 0.900. The van der Waals surface area contributed by atoms with Crippen molar-refractivity contribution in [2.75, 3.05) is 18.1 Å². The first-order valence-electron chi connectivity index (χ1n) is 20.2. The van der Waals surface area contributed by atoms with Crippen LogP contribution in [-0.2, 0) is 19.2 Å². The summed E-state index contributed by atoms with van der Waals surface area (Å²) in [6, 6.07) is 0. The number of amides is 2. The average Bonchev–Trinajstić information content (AvgIpc) is 3.07. The minimum absolute atomic E-state index is 0.00230. The number of nitrogens with zero attached hydrogens (tertiary/aromatic N) is 1. The highest BCUT2D eigenvalue weighted by atomic mass is 32.2. The Bertz CT molecular complexity index is 854. The van der Waals surface area contributed by atoms with E-state index in [0.29, 0.717) is 17.7 Å². The Hall–Kier alpha value is -1.45.